The Morgan fingerprint density at radius 3 is 2.76 bits per heavy atom. The van der Waals surface area contributed by atoms with E-state index in [0.29, 0.717) is 11.6 Å². The number of unbranched alkanes of at least 4 members (excludes halogenated alkanes) is 2. The molecule has 1 aromatic heterocycles. The molecule has 0 fully saturated rings. The number of aromatic nitrogens is 2. The van der Waals surface area contributed by atoms with Gasteiger partial charge >= 0.3 is 0 Å². The van der Waals surface area contributed by atoms with Gasteiger partial charge in [-0.05, 0) is 26.0 Å². The second-order valence-corrected chi connectivity index (χ2v) is 5.20. The van der Waals surface area contributed by atoms with Crippen LogP contribution in [0.1, 0.15) is 40.0 Å². The van der Waals surface area contributed by atoms with Gasteiger partial charge in [0.2, 0.25) is 5.88 Å². The summed E-state index contributed by atoms with van der Waals surface area (Å²) in [4.78, 5) is 8.24. The van der Waals surface area contributed by atoms with E-state index >= 15 is 0 Å². The molecular formula is C12H21N3OS. The van der Waals surface area contributed by atoms with Crippen LogP contribution in [0.3, 0.4) is 0 Å². The molecule has 0 amide bonds. The fourth-order valence-electron chi connectivity index (χ4n) is 1.32. The summed E-state index contributed by atoms with van der Waals surface area (Å²) >= 11 is 1.67. The zero-order valence-electron chi connectivity index (χ0n) is 10.8. The van der Waals surface area contributed by atoms with Gasteiger partial charge in [-0.25, -0.2) is 4.98 Å². The molecule has 1 rings (SSSR count). The summed E-state index contributed by atoms with van der Waals surface area (Å²) in [5, 5.41) is 0.826. The second-order valence-electron chi connectivity index (χ2n) is 4.12. The summed E-state index contributed by atoms with van der Waals surface area (Å²) in [7, 11) is 0. The van der Waals surface area contributed by atoms with E-state index in [4.69, 9.17) is 10.5 Å². The van der Waals surface area contributed by atoms with Crippen molar-refractivity contribution in [2.75, 3.05) is 11.5 Å². The third kappa shape index (κ3) is 4.81. The fourth-order valence-corrected chi connectivity index (χ4v) is 2.22. The van der Waals surface area contributed by atoms with E-state index < -0.39 is 0 Å². The van der Waals surface area contributed by atoms with Crippen molar-refractivity contribution in [1.82, 2.24) is 9.97 Å². The highest BCUT2D eigenvalue weighted by Gasteiger charge is 2.10. The second kappa shape index (κ2) is 7.37. The number of anilines is 1. The van der Waals surface area contributed by atoms with Crippen LogP contribution in [0.15, 0.2) is 11.4 Å². The van der Waals surface area contributed by atoms with Crippen molar-refractivity contribution in [1.29, 1.82) is 0 Å². The fraction of sp³-hybridized carbons (Fsp3) is 0.667. The van der Waals surface area contributed by atoms with E-state index in [-0.39, 0.29) is 6.10 Å². The number of nitrogens with two attached hydrogens (primary N) is 1. The Balaban J connectivity index is 2.59. The number of thioether (sulfide) groups is 1. The third-order valence-electron chi connectivity index (χ3n) is 2.14. The molecule has 0 aliphatic carbocycles. The van der Waals surface area contributed by atoms with Gasteiger partial charge in [-0.1, -0.05) is 19.8 Å². The van der Waals surface area contributed by atoms with Gasteiger partial charge in [0.05, 0.1) is 6.10 Å². The minimum absolute atomic E-state index is 0.0742. The van der Waals surface area contributed by atoms with Crippen molar-refractivity contribution in [3.63, 3.8) is 0 Å². The first-order valence-electron chi connectivity index (χ1n) is 6.05. The molecule has 0 aliphatic rings. The topological polar surface area (TPSA) is 61.0 Å². The Kier molecular flexibility index (Phi) is 6.11. The summed E-state index contributed by atoms with van der Waals surface area (Å²) < 4.78 is 5.52. The number of ether oxygens (including phenoxy) is 1. The highest BCUT2D eigenvalue weighted by Crippen LogP contribution is 2.29. The zero-order valence-corrected chi connectivity index (χ0v) is 11.6. The molecule has 2 N–H and O–H groups in total. The Morgan fingerprint density at radius 1 is 1.35 bits per heavy atom. The van der Waals surface area contributed by atoms with Crippen LogP contribution in [0.4, 0.5) is 5.69 Å². The van der Waals surface area contributed by atoms with Crippen LogP contribution < -0.4 is 10.5 Å². The molecule has 17 heavy (non-hydrogen) atoms. The Hall–Kier alpha value is -0.970. The Labute approximate surface area is 107 Å². The SMILES string of the molecule is CCCCCSc1ncnc(OC(C)C)c1N. The molecule has 5 heteroatoms. The standard InChI is InChI=1S/C12H21N3OS/c1-4-5-6-7-17-12-10(13)11(14-8-15-12)16-9(2)3/h8-9H,4-7,13H2,1-3H3. The molecule has 0 radical (unpaired) electrons. The van der Waals surface area contributed by atoms with Crippen LogP contribution in [0.25, 0.3) is 0 Å². The molecule has 1 aromatic rings. The monoisotopic (exact) mass is 255 g/mol. The first-order chi connectivity index (χ1) is 8.15. The maximum atomic E-state index is 5.98. The lowest BCUT2D eigenvalue weighted by Gasteiger charge is -2.12. The van der Waals surface area contributed by atoms with E-state index in [2.05, 4.69) is 16.9 Å². The van der Waals surface area contributed by atoms with Crippen molar-refractivity contribution in [3.05, 3.63) is 6.33 Å². The number of nitrogens with zero attached hydrogens (tertiary/aromatic N) is 2. The van der Waals surface area contributed by atoms with Crippen LogP contribution >= 0.6 is 11.8 Å². The smallest absolute Gasteiger partial charge is 0.241 e. The molecule has 0 spiro atoms. The third-order valence-corrected chi connectivity index (χ3v) is 3.24. The van der Waals surface area contributed by atoms with Crippen molar-refractivity contribution >= 4 is 17.4 Å². The number of rotatable bonds is 7. The minimum atomic E-state index is 0.0742. The maximum Gasteiger partial charge on any atom is 0.241 e. The van der Waals surface area contributed by atoms with E-state index in [0.717, 1.165) is 10.8 Å². The van der Waals surface area contributed by atoms with Crippen LogP contribution in [-0.4, -0.2) is 21.8 Å². The summed E-state index contributed by atoms with van der Waals surface area (Å²) in [6.45, 7) is 6.10. The van der Waals surface area contributed by atoms with E-state index in [1.165, 1.54) is 25.6 Å². The lowest BCUT2D eigenvalue weighted by atomic mass is 10.3. The van der Waals surface area contributed by atoms with Crippen LogP contribution in [0.5, 0.6) is 5.88 Å². The van der Waals surface area contributed by atoms with Gasteiger partial charge < -0.3 is 10.5 Å². The Bertz CT molecular complexity index is 345. The highest BCUT2D eigenvalue weighted by molar-refractivity contribution is 7.99. The first kappa shape index (κ1) is 14.1. The summed E-state index contributed by atoms with van der Waals surface area (Å²) in [6.07, 6.45) is 5.24. The van der Waals surface area contributed by atoms with Gasteiger partial charge in [0.25, 0.3) is 0 Å². The normalized spacial score (nSPS) is 10.8. The maximum absolute atomic E-state index is 5.98. The van der Waals surface area contributed by atoms with Gasteiger partial charge in [0, 0.05) is 0 Å². The molecule has 96 valence electrons. The molecule has 0 aliphatic heterocycles. The molecule has 0 saturated heterocycles. The Morgan fingerprint density at radius 2 is 2.12 bits per heavy atom. The minimum Gasteiger partial charge on any atom is -0.473 e. The molecule has 0 aromatic carbocycles. The van der Waals surface area contributed by atoms with Crippen LogP contribution in [0, 0.1) is 0 Å². The van der Waals surface area contributed by atoms with Crippen LogP contribution in [-0.2, 0) is 0 Å². The summed E-state index contributed by atoms with van der Waals surface area (Å²) in [5.41, 5.74) is 6.53. The quantitative estimate of drug-likeness (QED) is 0.461. The first-order valence-corrected chi connectivity index (χ1v) is 7.03. The molecule has 0 atom stereocenters. The lowest BCUT2D eigenvalue weighted by molar-refractivity contribution is 0.233. The molecule has 1 heterocycles. The average molecular weight is 255 g/mol. The summed E-state index contributed by atoms with van der Waals surface area (Å²) in [5.74, 6) is 1.53. The number of hydrogen-bond acceptors (Lipinski definition) is 5. The van der Waals surface area contributed by atoms with Crippen molar-refractivity contribution in [2.24, 2.45) is 0 Å². The average Bonchev–Trinajstić information content (AvgIpc) is 2.28. The molecule has 4 nitrogen and oxygen atoms in total. The van der Waals surface area contributed by atoms with Gasteiger partial charge in [-0.2, -0.15) is 4.98 Å². The highest BCUT2D eigenvalue weighted by atomic mass is 32.2. The van der Waals surface area contributed by atoms with E-state index in [1.54, 1.807) is 11.8 Å². The molecule has 0 unspecified atom stereocenters. The molecule has 0 saturated carbocycles. The molecular weight excluding hydrogens is 234 g/mol. The van der Waals surface area contributed by atoms with Crippen molar-refractivity contribution in [3.8, 4) is 5.88 Å². The molecule has 0 bridgehead atoms. The van der Waals surface area contributed by atoms with Crippen LogP contribution in [0.2, 0.25) is 0 Å². The van der Waals surface area contributed by atoms with E-state index in [9.17, 15) is 0 Å². The van der Waals surface area contributed by atoms with Gasteiger partial charge in [-0.15, -0.1) is 11.8 Å². The predicted molar refractivity (Wildman–Crippen MR) is 72.5 cm³/mol. The largest absolute Gasteiger partial charge is 0.473 e. The van der Waals surface area contributed by atoms with Crippen molar-refractivity contribution < 1.29 is 4.74 Å². The van der Waals surface area contributed by atoms with Gasteiger partial charge in [0.15, 0.2) is 0 Å². The van der Waals surface area contributed by atoms with E-state index in [1.807, 2.05) is 13.8 Å². The summed E-state index contributed by atoms with van der Waals surface area (Å²) in [6, 6.07) is 0. The number of hydrogen-bond donors (Lipinski definition) is 1. The van der Waals surface area contributed by atoms with Gasteiger partial charge in [0.1, 0.15) is 17.0 Å². The van der Waals surface area contributed by atoms with Crippen molar-refractivity contribution in [2.45, 2.75) is 51.2 Å². The lowest BCUT2D eigenvalue weighted by Crippen LogP contribution is -2.10. The zero-order chi connectivity index (χ0) is 12.7. The predicted octanol–water partition coefficient (Wildman–Crippen LogP) is 3.13. The van der Waals surface area contributed by atoms with Gasteiger partial charge in [-0.3, -0.25) is 0 Å². The number of nitrogen functional groups attached to an aromatic ring is 1.